The van der Waals surface area contributed by atoms with Crippen molar-refractivity contribution in [2.75, 3.05) is 0 Å². The maximum absolute atomic E-state index is 7.90. The van der Waals surface area contributed by atoms with Gasteiger partial charge in [-0.3, -0.25) is 0 Å². The average Bonchev–Trinajstić information content (AvgIpc) is 1.61. The minimum absolute atomic E-state index is 0.601. The Morgan fingerprint density at radius 3 is 2.67 bits per heavy atom. The Kier molecular flexibility index (Phi) is 4.00. The molecule has 0 amide bonds. The van der Waals surface area contributed by atoms with Crippen LogP contribution in [-0.2, 0) is 0 Å². The molecular weight excluding hydrogens is 72.9 g/mol. The van der Waals surface area contributed by atoms with Crippen LogP contribution in [0.4, 0.5) is 0 Å². The van der Waals surface area contributed by atoms with E-state index in [0.29, 0.717) is 6.42 Å². The zero-order chi connectivity index (χ0) is 4.83. The molecule has 1 nitrogen and oxygen atoms in total. The number of hydrogen-bond acceptors (Lipinski definition) is 1. The van der Waals surface area contributed by atoms with E-state index in [0.717, 1.165) is 6.32 Å². The number of hydrogen-bond donors (Lipinski definition) is 0. The average molecular weight is 78.9 g/mol. The van der Waals surface area contributed by atoms with Gasteiger partial charge in [-0.05, 0) is 0 Å². The second kappa shape index (κ2) is 4.42. The zero-order valence-electron chi connectivity index (χ0n) is 3.65. The molecule has 2 heteroatoms. The summed E-state index contributed by atoms with van der Waals surface area (Å²) >= 11 is 0. The van der Waals surface area contributed by atoms with Crippen LogP contribution >= 0.6 is 0 Å². The van der Waals surface area contributed by atoms with E-state index in [9.17, 15) is 0 Å². The van der Waals surface area contributed by atoms with Crippen molar-refractivity contribution in [2.45, 2.75) is 12.7 Å². The molecule has 0 atom stereocenters. The summed E-state index contributed by atoms with van der Waals surface area (Å²) in [5.41, 5.74) is 0. The van der Waals surface area contributed by atoms with E-state index in [1.165, 1.54) is 0 Å². The topological polar surface area (TPSA) is 23.8 Å². The van der Waals surface area contributed by atoms with Gasteiger partial charge in [0.05, 0.1) is 0 Å². The van der Waals surface area contributed by atoms with Crippen molar-refractivity contribution in [1.82, 2.24) is 0 Å². The van der Waals surface area contributed by atoms with Gasteiger partial charge in [0.2, 0.25) is 0 Å². The third kappa shape index (κ3) is 3.42. The van der Waals surface area contributed by atoms with Gasteiger partial charge in [-0.1, -0.05) is 0 Å². The molecular formula is C4H6BN. The molecule has 0 spiro atoms. The molecule has 0 fully saturated rings. The van der Waals surface area contributed by atoms with Crippen molar-refractivity contribution < 1.29 is 0 Å². The van der Waals surface area contributed by atoms with Gasteiger partial charge in [0.15, 0.2) is 0 Å². The van der Waals surface area contributed by atoms with E-state index in [1.807, 2.05) is 6.07 Å². The van der Waals surface area contributed by atoms with Crippen LogP contribution in [0, 0.1) is 11.3 Å². The van der Waals surface area contributed by atoms with E-state index in [4.69, 9.17) is 5.26 Å². The zero-order valence-corrected chi connectivity index (χ0v) is 3.65. The van der Waals surface area contributed by atoms with E-state index in [1.54, 1.807) is 6.92 Å². The Labute approximate surface area is 38.5 Å². The predicted molar refractivity (Wildman–Crippen MR) is 27.9 cm³/mol. The number of nitrogens with zero attached hydrogens (tertiary/aromatic N) is 1. The van der Waals surface area contributed by atoms with Gasteiger partial charge >= 0.3 is 37.5 Å². The normalized spacial score (nSPS) is 5.83. The fraction of sp³-hybridized carbons (Fsp3) is 0.500. The first kappa shape index (κ1) is 5.42. The van der Waals surface area contributed by atoms with Crippen LogP contribution < -0.4 is 0 Å². The van der Waals surface area contributed by atoms with Gasteiger partial charge in [0, 0.05) is 0 Å². The minimum atomic E-state index is 0.601. The second-order valence-electron chi connectivity index (χ2n) is 0.985. The Balaban J connectivity index is 2.72. The first-order valence-electron chi connectivity index (χ1n) is 1.89. The Hall–Kier alpha value is -0.575. The third-order valence-corrected chi connectivity index (χ3v) is 0.460. The first-order chi connectivity index (χ1) is 2.91. The van der Waals surface area contributed by atoms with Crippen molar-refractivity contribution in [3.8, 4) is 6.07 Å². The monoisotopic (exact) mass is 79.1 g/mol. The Morgan fingerprint density at radius 1 is 1.83 bits per heavy atom. The fourth-order valence-corrected chi connectivity index (χ4v) is 0.167. The van der Waals surface area contributed by atoms with Gasteiger partial charge in [-0.2, -0.15) is 0 Å². The molecule has 0 aliphatic rings. The van der Waals surface area contributed by atoms with Crippen molar-refractivity contribution in [3.05, 3.63) is 0 Å². The summed E-state index contributed by atoms with van der Waals surface area (Å²) in [6, 6.07) is 2.00. The summed E-state index contributed by atoms with van der Waals surface area (Å²) in [6.45, 7) is 5.19. The molecule has 0 radical (unpaired) electrons. The molecule has 0 aromatic carbocycles. The van der Waals surface area contributed by atoms with Gasteiger partial charge in [-0.15, -0.1) is 0 Å². The molecule has 30 valence electrons. The van der Waals surface area contributed by atoms with Gasteiger partial charge < -0.3 is 0 Å². The molecule has 0 unspecified atom stereocenters. The summed E-state index contributed by atoms with van der Waals surface area (Å²) in [4.78, 5) is 0. The SMILES string of the molecule is C=BCCC#N. The molecule has 0 aromatic heterocycles. The molecule has 0 heterocycles. The van der Waals surface area contributed by atoms with Gasteiger partial charge in [-0.25, -0.2) is 0 Å². The summed E-state index contributed by atoms with van der Waals surface area (Å²) in [7, 11) is 0. The first-order valence-corrected chi connectivity index (χ1v) is 1.89. The van der Waals surface area contributed by atoms with Crippen molar-refractivity contribution >= 4 is 13.4 Å². The summed E-state index contributed by atoms with van der Waals surface area (Å²) in [6.07, 6.45) is 1.42. The predicted octanol–water partition coefficient (Wildman–Crippen LogP) is 0.455. The number of nitriles is 1. The van der Waals surface area contributed by atoms with Crippen LogP contribution in [-0.4, -0.2) is 13.4 Å². The molecule has 0 bridgehead atoms. The quantitative estimate of drug-likeness (QED) is 0.348. The van der Waals surface area contributed by atoms with E-state index in [2.05, 4.69) is 6.47 Å². The second-order valence-corrected chi connectivity index (χ2v) is 0.985. The molecule has 0 saturated carbocycles. The standard InChI is InChI=1S/C4H6BN/c1-5-3-2-4-6/h1-3H2. The van der Waals surface area contributed by atoms with Crippen LogP contribution in [0.15, 0.2) is 0 Å². The van der Waals surface area contributed by atoms with Crippen molar-refractivity contribution in [1.29, 1.82) is 5.26 Å². The van der Waals surface area contributed by atoms with Crippen molar-refractivity contribution in [2.24, 2.45) is 0 Å². The Bertz CT molecular complexity index is 72.1. The molecule has 0 rings (SSSR count). The summed E-state index contributed by atoms with van der Waals surface area (Å²) in [5, 5.41) is 7.90. The van der Waals surface area contributed by atoms with Gasteiger partial charge in [0.1, 0.15) is 0 Å². The van der Waals surface area contributed by atoms with E-state index < -0.39 is 0 Å². The van der Waals surface area contributed by atoms with Crippen molar-refractivity contribution in [3.63, 3.8) is 0 Å². The maximum atomic E-state index is 7.90. The van der Waals surface area contributed by atoms with Crippen LogP contribution in [0.1, 0.15) is 6.42 Å². The summed E-state index contributed by atoms with van der Waals surface area (Å²) < 4.78 is 0. The molecule has 0 N–H and O–H groups in total. The van der Waals surface area contributed by atoms with E-state index in [-0.39, 0.29) is 0 Å². The van der Waals surface area contributed by atoms with Crippen LogP contribution in [0.25, 0.3) is 0 Å². The van der Waals surface area contributed by atoms with Gasteiger partial charge in [0.25, 0.3) is 0 Å². The molecule has 0 aliphatic carbocycles. The van der Waals surface area contributed by atoms with Crippen LogP contribution in [0.5, 0.6) is 0 Å². The van der Waals surface area contributed by atoms with E-state index >= 15 is 0 Å². The fourth-order valence-electron chi connectivity index (χ4n) is 0.167. The molecule has 0 saturated heterocycles. The third-order valence-electron chi connectivity index (χ3n) is 0.460. The molecule has 6 heavy (non-hydrogen) atoms. The van der Waals surface area contributed by atoms with Crippen LogP contribution in [0.2, 0.25) is 6.32 Å². The summed E-state index contributed by atoms with van der Waals surface area (Å²) in [5.74, 6) is 0. The molecule has 0 aliphatic heterocycles. The molecule has 0 aromatic rings. The van der Waals surface area contributed by atoms with Crippen LogP contribution in [0.3, 0.4) is 0 Å². The number of rotatable bonds is 2. The Morgan fingerprint density at radius 2 is 2.50 bits per heavy atom.